The Morgan fingerprint density at radius 1 is 1.23 bits per heavy atom. The van der Waals surface area contributed by atoms with E-state index in [4.69, 9.17) is 4.52 Å². The van der Waals surface area contributed by atoms with Crippen LogP contribution in [0, 0.1) is 6.92 Å². The Kier molecular flexibility index (Phi) is 5.73. The smallest absolute Gasteiger partial charge is 0.261 e. The maximum absolute atomic E-state index is 12.6. The summed E-state index contributed by atoms with van der Waals surface area (Å²) in [6, 6.07) is 11.8. The Balaban J connectivity index is 1.64. The summed E-state index contributed by atoms with van der Waals surface area (Å²) in [6.45, 7) is 5.73. The Morgan fingerprint density at radius 3 is 2.65 bits per heavy atom. The molecule has 0 aliphatic carbocycles. The molecule has 0 saturated carbocycles. The van der Waals surface area contributed by atoms with Gasteiger partial charge in [0.25, 0.3) is 5.91 Å². The van der Waals surface area contributed by atoms with E-state index in [-0.39, 0.29) is 11.8 Å². The number of nitrogens with one attached hydrogen (secondary N) is 1. The summed E-state index contributed by atoms with van der Waals surface area (Å²) in [6.07, 6.45) is 3.64. The summed E-state index contributed by atoms with van der Waals surface area (Å²) in [5.74, 6) is 1.38. The van der Waals surface area contributed by atoms with Crippen molar-refractivity contribution in [1.82, 2.24) is 10.1 Å². The van der Waals surface area contributed by atoms with Gasteiger partial charge < -0.3 is 9.84 Å². The summed E-state index contributed by atoms with van der Waals surface area (Å²) >= 11 is 1.73. The zero-order valence-electron chi connectivity index (χ0n) is 15.0. The molecule has 3 rings (SSSR count). The van der Waals surface area contributed by atoms with Crippen molar-refractivity contribution in [2.75, 3.05) is 5.32 Å². The largest absolute Gasteiger partial charge is 0.360 e. The average Bonchev–Trinajstić information content (AvgIpc) is 3.04. The molecule has 5 nitrogen and oxygen atoms in total. The van der Waals surface area contributed by atoms with Crippen LogP contribution < -0.4 is 5.32 Å². The standard InChI is InChI=1S/C20H21N3O2S/c1-13(2)19-18(14(3)23-25-19)20(24)22-16-6-8-17(9-7-16)26-12-15-5-4-10-21-11-15/h4-11,13H,12H2,1-3H3,(H,22,24). The average molecular weight is 367 g/mol. The molecule has 0 radical (unpaired) electrons. The van der Waals surface area contributed by atoms with Gasteiger partial charge in [0.1, 0.15) is 5.56 Å². The van der Waals surface area contributed by atoms with E-state index in [1.54, 1.807) is 24.9 Å². The third kappa shape index (κ3) is 4.32. The minimum absolute atomic E-state index is 0.100. The fourth-order valence-corrected chi connectivity index (χ4v) is 3.37. The van der Waals surface area contributed by atoms with Crippen molar-refractivity contribution in [1.29, 1.82) is 0 Å². The van der Waals surface area contributed by atoms with Crippen LogP contribution in [0.5, 0.6) is 0 Å². The topological polar surface area (TPSA) is 68.0 Å². The Hall–Kier alpha value is -2.60. The fourth-order valence-electron chi connectivity index (χ4n) is 2.54. The number of carbonyl (C=O) groups is 1. The summed E-state index contributed by atoms with van der Waals surface area (Å²) < 4.78 is 5.29. The number of hydrogen-bond donors (Lipinski definition) is 1. The SMILES string of the molecule is Cc1noc(C(C)C)c1C(=O)Nc1ccc(SCc2cccnc2)cc1. The molecule has 0 fully saturated rings. The second kappa shape index (κ2) is 8.19. The van der Waals surface area contributed by atoms with Gasteiger partial charge in [-0.25, -0.2) is 0 Å². The number of hydrogen-bond acceptors (Lipinski definition) is 5. The summed E-state index contributed by atoms with van der Waals surface area (Å²) in [5.41, 5.74) is 3.06. The van der Waals surface area contributed by atoms with Crippen LogP contribution >= 0.6 is 11.8 Å². The minimum atomic E-state index is -0.191. The van der Waals surface area contributed by atoms with Crippen LogP contribution in [0.2, 0.25) is 0 Å². The number of rotatable bonds is 6. The zero-order chi connectivity index (χ0) is 18.5. The quantitative estimate of drug-likeness (QED) is 0.618. The van der Waals surface area contributed by atoms with Gasteiger partial charge >= 0.3 is 0 Å². The van der Waals surface area contributed by atoms with E-state index in [9.17, 15) is 4.79 Å². The van der Waals surface area contributed by atoms with Gasteiger partial charge in [-0.2, -0.15) is 0 Å². The minimum Gasteiger partial charge on any atom is -0.360 e. The predicted octanol–water partition coefficient (Wildman–Crippen LogP) is 5.05. The van der Waals surface area contributed by atoms with E-state index in [0.29, 0.717) is 17.0 Å². The number of thioether (sulfide) groups is 1. The van der Waals surface area contributed by atoms with Gasteiger partial charge in [0.05, 0.1) is 5.69 Å². The number of pyridine rings is 1. The number of aryl methyl sites for hydroxylation is 1. The highest BCUT2D eigenvalue weighted by Crippen LogP contribution is 2.26. The molecular weight excluding hydrogens is 346 g/mol. The first-order valence-electron chi connectivity index (χ1n) is 8.44. The third-order valence-electron chi connectivity index (χ3n) is 3.88. The highest BCUT2D eigenvalue weighted by Gasteiger charge is 2.22. The number of aromatic nitrogens is 2. The summed E-state index contributed by atoms with van der Waals surface area (Å²) in [7, 11) is 0. The van der Waals surface area contributed by atoms with Crippen LogP contribution in [0.25, 0.3) is 0 Å². The summed E-state index contributed by atoms with van der Waals surface area (Å²) in [5, 5.41) is 6.85. The fraction of sp³-hybridized carbons (Fsp3) is 0.250. The van der Waals surface area contributed by atoms with Crippen LogP contribution in [0.3, 0.4) is 0 Å². The van der Waals surface area contributed by atoms with Crippen molar-refractivity contribution >= 4 is 23.4 Å². The molecule has 1 aromatic carbocycles. The van der Waals surface area contributed by atoms with E-state index in [2.05, 4.69) is 21.5 Å². The third-order valence-corrected chi connectivity index (χ3v) is 4.96. The van der Waals surface area contributed by atoms with Gasteiger partial charge in [0.15, 0.2) is 5.76 Å². The summed E-state index contributed by atoms with van der Waals surface area (Å²) in [4.78, 5) is 17.8. The van der Waals surface area contributed by atoms with Crippen molar-refractivity contribution in [3.63, 3.8) is 0 Å². The van der Waals surface area contributed by atoms with Crippen LogP contribution in [0.15, 0.2) is 58.2 Å². The van der Waals surface area contributed by atoms with Gasteiger partial charge in [-0.15, -0.1) is 11.8 Å². The molecule has 3 aromatic rings. The van der Waals surface area contributed by atoms with Crippen LogP contribution in [0.4, 0.5) is 5.69 Å². The van der Waals surface area contributed by atoms with Gasteiger partial charge in [0.2, 0.25) is 0 Å². The lowest BCUT2D eigenvalue weighted by Crippen LogP contribution is -2.14. The lowest BCUT2D eigenvalue weighted by atomic mass is 10.0. The van der Waals surface area contributed by atoms with Crippen molar-refractivity contribution < 1.29 is 9.32 Å². The first-order valence-corrected chi connectivity index (χ1v) is 9.42. The highest BCUT2D eigenvalue weighted by molar-refractivity contribution is 7.98. The molecule has 134 valence electrons. The molecule has 0 atom stereocenters. The van der Waals surface area contributed by atoms with Crippen molar-refractivity contribution in [2.24, 2.45) is 0 Å². The van der Waals surface area contributed by atoms with E-state index >= 15 is 0 Å². The van der Waals surface area contributed by atoms with E-state index < -0.39 is 0 Å². The molecule has 26 heavy (non-hydrogen) atoms. The number of nitrogens with zero attached hydrogens (tertiary/aromatic N) is 2. The molecule has 0 spiro atoms. The monoisotopic (exact) mass is 367 g/mol. The maximum Gasteiger partial charge on any atom is 0.261 e. The molecule has 2 aromatic heterocycles. The van der Waals surface area contributed by atoms with Gasteiger partial charge in [-0.3, -0.25) is 9.78 Å². The van der Waals surface area contributed by atoms with Gasteiger partial charge in [0, 0.05) is 34.6 Å². The Labute approximate surface area is 157 Å². The molecule has 6 heteroatoms. The van der Waals surface area contributed by atoms with Crippen molar-refractivity contribution in [2.45, 2.75) is 37.3 Å². The number of benzene rings is 1. The van der Waals surface area contributed by atoms with Gasteiger partial charge in [-0.05, 0) is 42.8 Å². The predicted molar refractivity (Wildman–Crippen MR) is 104 cm³/mol. The molecule has 1 amide bonds. The highest BCUT2D eigenvalue weighted by atomic mass is 32.2. The molecule has 1 N–H and O–H groups in total. The van der Waals surface area contributed by atoms with Crippen LogP contribution in [-0.4, -0.2) is 16.0 Å². The second-order valence-corrected chi connectivity index (χ2v) is 7.34. The lowest BCUT2D eigenvalue weighted by molar-refractivity contribution is 0.102. The van der Waals surface area contributed by atoms with Gasteiger partial charge in [-0.1, -0.05) is 25.1 Å². The molecule has 0 unspecified atom stereocenters. The second-order valence-electron chi connectivity index (χ2n) is 6.29. The molecule has 0 saturated heterocycles. The molecule has 0 bridgehead atoms. The number of carbonyl (C=O) groups excluding carboxylic acids is 1. The molecular formula is C20H21N3O2S. The van der Waals surface area contributed by atoms with E-state index in [1.807, 2.05) is 50.4 Å². The Morgan fingerprint density at radius 2 is 2.00 bits per heavy atom. The molecule has 2 heterocycles. The molecule has 0 aliphatic rings. The number of anilines is 1. The van der Waals surface area contributed by atoms with E-state index in [0.717, 1.165) is 16.3 Å². The van der Waals surface area contributed by atoms with Crippen molar-refractivity contribution in [3.05, 3.63) is 71.4 Å². The maximum atomic E-state index is 12.6. The van der Waals surface area contributed by atoms with Crippen LogP contribution in [0.1, 0.15) is 47.1 Å². The van der Waals surface area contributed by atoms with Crippen molar-refractivity contribution in [3.8, 4) is 0 Å². The zero-order valence-corrected chi connectivity index (χ0v) is 15.8. The van der Waals surface area contributed by atoms with E-state index in [1.165, 1.54) is 5.56 Å². The normalized spacial score (nSPS) is 10.9. The number of amides is 1. The first kappa shape index (κ1) is 18.2. The Bertz CT molecular complexity index is 874. The van der Waals surface area contributed by atoms with Crippen LogP contribution in [-0.2, 0) is 5.75 Å². The lowest BCUT2D eigenvalue weighted by Gasteiger charge is -2.08. The molecule has 0 aliphatic heterocycles. The first-order chi connectivity index (χ1) is 12.5.